The molecular formula is C8H8NOS2. The first-order chi connectivity index (χ1) is 5.75. The zero-order chi connectivity index (χ0) is 8.97. The monoisotopic (exact) mass is 198 g/mol. The Morgan fingerprint density at radius 3 is 2.83 bits per heavy atom. The summed E-state index contributed by atoms with van der Waals surface area (Å²) in [5, 5.41) is -0.497. The Balaban J connectivity index is 2.78. The molecule has 12 heavy (non-hydrogen) atoms. The minimum absolute atomic E-state index is 0.152. The molecule has 0 aliphatic rings. The van der Waals surface area contributed by atoms with Crippen LogP contribution in [0, 0.1) is 5.75 Å². The fraction of sp³-hybridized carbons (Fsp3) is 0.125. The maximum Gasteiger partial charge on any atom is 0.165 e. The molecule has 0 bridgehead atoms. The van der Waals surface area contributed by atoms with Crippen molar-refractivity contribution in [1.82, 2.24) is 4.98 Å². The number of carbonyl (C=O) groups excluding carboxylic acids is 1. The molecule has 2 nitrogen and oxygen atoms in total. The van der Waals surface area contributed by atoms with Crippen LogP contribution in [-0.4, -0.2) is 10.8 Å². The molecule has 1 radical (unpaired) electrons. The summed E-state index contributed by atoms with van der Waals surface area (Å²) in [6.07, 6.45) is 1.63. The van der Waals surface area contributed by atoms with Gasteiger partial charge in [-0.05, 0) is 12.1 Å². The van der Waals surface area contributed by atoms with Crippen LogP contribution >= 0.6 is 25.3 Å². The van der Waals surface area contributed by atoms with Gasteiger partial charge in [-0.2, -0.15) is 25.3 Å². The van der Waals surface area contributed by atoms with Gasteiger partial charge in [0, 0.05) is 6.20 Å². The van der Waals surface area contributed by atoms with E-state index in [0.717, 1.165) is 0 Å². The molecule has 1 heterocycles. The molecule has 0 saturated heterocycles. The van der Waals surface area contributed by atoms with E-state index in [1.165, 1.54) is 5.75 Å². The van der Waals surface area contributed by atoms with Crippen molar-refractivity contribution >= 4 is 31.0 Å². The summed E-state index contributed by atoms with van der Waals surface area (Å²) in [5.41, 5.74) is 0.649. The summed E-state index contributed by atoms with van der Waals surface area (Å²) < 4.78 is 0. The largest absolute Gasteiger partial charge is 0.297 e. The molecule has 0 aliphatic heterocycles. The van der Waals surface area contributed by atoms with Gasteiger partial charge in [0.15, 0.2) is 5.78 Å². The van der Waals surface area contributed by atoms with Crippen LogP contribution in [-0.2, 0) is 4.79 Å². The van der Waals surface area contributed by atoms with E-state index in [1.54, 1.807) is 18.3 Å². The third-order valence-corrected chi connectivity index (χ3v) is 2.14. The van der Waals surface area contributed by atoms with E-state index in [1.807, 2.05) is 6.07 Å². The molecule has 0 fully saturated rings. The smallest absolute Gasteiger partial charge is 0.165 e. The van der Waals surface area contributed by atoms with E-state index >= 15 is 0 Å². The molecular weight excluding hydrogens is 190 g/mol. The standard InChI is InChI=1S/C8H8NOS2/c10-7(5-11)8(12)6-3-1-2-4-9-6/h1-5,8,11-12H. The van der Waals surface area contributed by atoms with E-state index in [4.69, 9.17) is 0 Å². The predicted octanol–water partition coefficient (Wildman–Crippen LogP) is 1.71. The first-order valence-electron chi connectivity index (χ1n) is 3.36. The van der Waals surface area contributed by atoms with Gasteiger partial charge in [0.1, 0.15) is 5.25 Å². The van der Waals surface area contributed by atoms with E-state index in [0.29, 0.717) is 5.69 Å². The third-order valence-electron chi connectivity index (χ3n) is 1.36. The van der Waals surface area contributed by atoms with E-state index in [2.05, 4.69) is 30.2 Å². The normalized spacial score (nSPS) is 12.5. The number of hydrogen-bond acceptors (Lipinski definition) is 4. The Labute approximate surface area is 82.2 Å². The van der Waals surface area contributed by atoms with Crippen LogP contribution in [0.15, 0.2) is 24.4 Å². The number of pyridine rings is 1. The van der Waals surface area contributed by atoms with Crippen LogP contribution in [0.2, 0.25) is 0 Å². The Bertz CT molecular complexity index is 263. The lowest BCUT2D eigenvalue weighted by atomic mass is 10.2. The van der Waals surface area contributed by atoms with Crippen LogP contribution in [0.5, 0.6) is 0 Å². The molecule has 1 aromatic rings. The first kappa shape index (κ1) is 9.61. The van der Waals surface area contributed by atoms with Gasteiger partial charge in [0.05, 0.1) is 11.4 Å². The summed E-state index contributed by atoms with van der Waals surface area (Å²) in [5.74, 6) is 1.05. The van der Waals surface area contributed by atoms with Crippen molar-refractivity contribution in [2.45, 2.75) is 5.25 Å². The Morgan fingerprint density at radius 2 is 2.33 bits per heavy atom. The number of Topliss-reactive ketones (excluding diaryl/α,β-unsaturated/α-hetero) is 1. The third kappa shape index (κ3) is 2.25. The second-order valence-electron chi connectivity index (χ2n) is 2.19. The maximum atomic E-state index is 11.1. The van der Waals surface area contributed by atoms with Crippen molar-refractivity contribution in [1.29, 1.82) is 0 Å². The van der Waals surface area contributed by atoms with Crippen LogP contribution in [0.25, 0.3) is 0 Å². The number of hydrogen-bond donors (Lipinski definition) is 2. The zero-order valence-corrected chi connectivity index (χ0v) is 8.00. The van der Waals surface area contributed by atoms with Crippen LogP contribution in [0.4, 0.5) is 0 Å². The van der Waals surface area contributed by atoms with Gasteiger partial charge in [-0.25, -0.2) is 0 Å². The van der Waals surface area contributed by atoms with Gasteiger partial charge in [-0.15, -0.1) is 0 Å². The zero-order valence-electron chi connectivity index (χ0n) is 6.21. The minimum atomic E-state index is -0.497. The summed E-state index contributed by atoms with van der Waals surface area (Å²) in [6.45, 7) is 0. The molecule has 63 valence electrons. The number of aromatic nitrogens is 1. The van der Waals surface area contributed by atoms with Crippen molar-refractivity contribution in [3.8, 4) is 0 Å². The van der Waals surface area contributed by atoms with E-state index in [-0.39, 0.29) is 5.78 Å². The highest BCUT2D eigenvalue weighted by Crippen LogP contribution is 2.19. The fourth-order valence-electron chi connectivity index (χ4n) is 0.754. The van der Waals surface area contributed by atoms with Crippen molar-refractivity contribution in [3.63, 3.8) is 0 Å². The lowest BCUT2D eigenvalue weighted by molar-refractivity contribution is -0.114. The summed E-state index contributed by atoms with van der Waals surface area (Å²) >= 11 is 7.86. The van der Waals surface area contributed by atoms with Gasteiger partial charge in [-0.3, -0.25) is 9.78 Å². The van der Waals surface area contributed by atoms with E-state index in [9.17, 15) is 4.79 Å². The highest BCUT2D eigenvalue weighted by molar-refractivity contribution is 7.84. The molecule has 0 aromatic carbocycles. The predicted molar refractivity (Wildman–Crippen MR) is 54.3 cm³/mol. The van der Waals surface area contributed by atoms with Crippen LogP contribution < -0.4 is 0 Å². The number of nitrogens with zero attached hydrogens (tertiary/aromatic N) is 1. The molecule has 4 heteroatoms. The molecule has 1 rings (SSSR count). The maximum absolute atomic E-state index is 11.1. The second kappa shape index (κ2) is 4.52. The lowest BCUT2D eigenvalue weighted by Crippen LogP contribution is -2.06. The van der Waals surface area contributed by atoms with Crippen molar-refractivity contribution in [2.24, 2.45) is 0 Å². The van der Waals surface area contributed by atoms with Gasteiger partial charge in [0.25, 0.3) is 0 Å². The lowest BCUT2D eigenvalue weighted by Gasteiger charge is -2.05. The summed E-state index contributed by atoms with van der Waals surface area (Å²) in [4.78, 5) is 15.1. The second-order valence-corrected chi connectivity index (χ2v) is 2.96. The van der Waals surface area contributed by atoms with Gasteiger partial charge >= 0.3 is 0 Å². The van der Waals surface area contributed by atoms with E-state index < -0.39 is 5.25 Å². The number of carbonyl (C=O) groups is 1. The average molecular weight is 198 g/mol. The van der Waals surface area contributed by atoms with Crippen LogP contribution in [0.3, 0.4) is 0 Å². The van der Waals surface area contributed by atoms with Crippen molar-refractivity contribution in [2.75, 3.05) is 0 Å². The molecule has 1 unspecified atom stereocenters. The molecule has 0 N–H and O–H groups in total. The van der Waals surface area contributed by atoms with Crippen molar-refractivity contribution in [3.05, 3.63) is 35.8 Å². The Morgan fingerprint density at radius 1 is 1.58 bits per heavy atom. The topological polar surface area (TPSA) is 30.0 Å². The molecule has 1 atom stereocenters. The summed E-state index contributed by atoms with van der Waals surface area (Å²) in [7, 11) is 0. The SMILES string of the molecule is O=C([CH]S)C(S)c1ccccn1. The number of thiol groups is 2. The molecule has 0 saturated carbocycles. The molecule has 0 amide bonds. The minimum Gasteiger partial charge on any atom is -0.297 e. The number of rotatable bonds is 3. The molecule has 1 aromatic heterocycles. The highest BCUT2D eigenvalue weighted by atomic mass is 32.1. The van der Waals surface area contributed by atoms with Gasteiger partial charge < -0.3 is 0 Å². The Hall–Kier alpha value is -0.480. The first-order valence-corrected chi connectivity index (χ1v) is 4.39. The molecule has 0 spiro atoms. The molecule has 0 aliphatic carbocycles. The van der Waals surface area contributed by atoms with Crippen molar-refractivity contribution < 1.29 is 4.79 Å². The quantitative estimate of drug-likeness (QED) is 0.724. The number of ketones is 1. The summed E-state index contributed by atoms with van der Waals surface area (Å²) in [6, 6.07) is 5.36. The fourth-order valence-corrected chi connectivity index (χ4v) is 1.25. The average Bonchev–Trinajstić information content (AvgIpc) is 2.17. The van der Waals surface area contributed by atoms with Gasteiger partial charge in [0.2, 0.25) is 0 Å². The van der Waals surface area contributed by atoms with Gasteiger partial charge in [-0.1, -0.05) is 6.07 Å². The van der Waals surface area contributed by atoms with Crippen LogP contribution in [0.1, 0.15) is 10.9 Å². The highest BCUT2D eigenvalue weighted by Gasteiger charge is 2.15. The Kier molecular flexibility index (Phi) is 3.62.